The topological polar surface area (TPSA) is 83.9 Å². The zero-order valence-electron chi connectivity index (χ0n) is 12.5. The van der Waals surface area contributed by atoms with Crippen LogP contribution < -0.4 is 0 Å². The normalized spacial score (nSPS) is 25.6. The summed E-state index contributed by atoms with van der Waals surface area (Å²) in [6.45, 7) is 5.41. The Bertz CT molecular complexity index is 393. The Hall–Kier alpha value is -1.59. The molecule has 0 spiro atoms. The number of carbonyl (C=O) groups excluding carboxylic acids is 2. The molecule has 0 aromatic rings. The van der Waals surface area contributed by atoms with Crippen molar-refractivity contribution in [2.45, 2.75) is 39.7 Å². The second kappa shape index (κ2) is 6.72. The van der Waals surface area contributed by atoms with E-state index in [1.54, 1.807) is 13.8 Å². The Morgan fingerprint density at radius 3 is 2.25 bits per heavy atom. The molecule has 0 radical (unpaired) electrons. The fourth-order valence-electron chi connectivity index (χ4n) is 2.77. The van der Waals surface area contributed by atoms with Gasteiger partial charge in [-0.1, -0.05) is 6.92 Å². The van der Waals surface area contributed by atoms with E-state index in [-0.39, 0.29) is 24.4 Å². The molecule has 1 N–H and O–H groups in total. The Morgan fingerprint density at radius 2 is 1.80 bits per heavy atom. The van der Waals surface area contributed by atoms with Gasteiger partial charge in [0.05, 0.1) is 18.9 Å². The van der Waals surface area contributed by atoms with E-state index in [4.69, 9.17) is 0 Å². The Labute approximate surface area is 119 Å². The Kier molecular flexibility index (Phi) is 5.53. The highest BCUT2D eigenvalue weighted by Gasteiger charge is 2.43. The van der Waals surface area contributed by atoms with E-state index in [1.165, 1.54) is 12.0 Å². The molecule has 1 rings (SSSR count). The second-order valence-electron chi connectivity index (χ2n) is 5.76. The number of amides is 1. The Morgan fingerprint density at radius 1 is 1.25 bits per heavy atom. The standard InChI is InChI=1S/C14H23NO5/c1-8(2)15(7-12(16)20-4)13(17)10-5-9(3)6-11(10)14(18)19/h8-11H,5-7H2,1-4H3,(H,18,19). The number of hydrogen-bond acceptors (Lipinski definition) is 4. The van der Waals surface area contributed by atoms with Crippen molar-refractivity contribution in [2.24, 2.45) is 17.8 Å². The third-order valence-corrected chi connectivity index (χ3v) is 3.87. The molecule has 0 aromatic heterocycles. The molecule has 1 fully saturated rings. The number of nitrogens with zero attached hydrogens (tertiary/aromatic N) is 1. The van der Waals surface area contributed by atoms with Crippen LogP contribution in [0.2, 0.25) is 0 Å². The molecule has 0 saturated heterocycles. The SMILES string of the molecule is COC(=O)CN(C(=O)C1CC(C)CC1C(=O)O)C(C)C. The highest BCUT2D eigenvalue weighted by atomic mass is 16.5. The molecule has 114 valence electrons. The van der Waals surface area contributed by atoms with Crippen LogP contribution in [0, 0.1) is 17.8 Å². The predicted octanol–water partition coefficient (Wildman–Crippen LogP) is 1.14. The van der Waals surface area contributed by atoms with E-state index < -0.39 is 23.8 Å². The molecular formula is C14H23NO5. The van der Waals surface area contributed by atoms with Crippen molar-refractivity contribution in [3.63, 3.8) is 0 Å². The average Bonchev–Trinajstić information content (AvgIpc) is 2.76. The van der Waals surface area contributed by atoms with Crippen molar-refractivity contribution in [1.29, 1.82) is 0 Å². The lowest BCUT2D eigenvalue weighted by atomic mass is 9.94. The smallest absolute Gasteiger partial charge is 0.325 e. The molecule has 1 saturated carbocycles. The molecule has 3 unspecified atom stereocenters. The van der Waals surface area contributed by atoms with Crippen LogP contribution >= 0.6 is 0 Å². The number of aliphatic carboxylic acids is 1. The fraction of sp³-hybridized carbons (Fsp3) is 0.786. The minimum Gasteiger partial charge on any atom is -0.481 e. The molecule has 1 aliphatic rings. The largest absolute Gasteiger partial charge is 0.481 e. The summed E-state index contributed by atoms with van der Waals surface area (Å²) in [5, 5.41) is 9.24. The Balaban J connectivity index is 2.88. The highest BCUT2D eigenvalue weighted by molar-refractivity contribution is 5.88. The number of carboxylic acids is 1. The van der Waals surface area contributed by atoms with Gasteiger partial charge in [0.2, 0.25) is 5.91 Å². The van der Waals surface area contributed by atoms with Gasteiger partial charge in [-0.05, 0) is 32.6 Å². The van der Waals surface area contributed by atoms with Crippen LogP contribution in [0.5, 0.6) is 0 Å². The van der Waals surface area contributed by atoms with E-state index in [1.807, 2.05) is 6.92 Å². The summed E-state index contributed by atoms with van der Waals surface area (Å²) in [5.74, 6) is -2.69. The number of methoxy groups -OCH3 is 1. The van der Waals surface area contributed by atoms with Gasteiger partial charge in [0, 0.05) is 6.04 Å². The lowest BCUT2D eigenvalue weighted by Crippen LogP contribution is -2.45. The van der Waals surface area contributed by atoms with Crippen LogP contribution in [0.3, 0.4) is 0 Å². The molecular weight excluding hydrogens is 262 g/mol. The van der Waals surface area contributed by atoms with Gasteiger partial charge < -0.3 is 14.7 Å². The fourth-order valence-corrected chi connectivity index (χ4v) is 2.77. The molecule has 6 nitrogen and oxygen atoms in total. The molecule has 3 atom stereocenters. The zero-order valence-corrected chi connectivity index (χ0v) is 12.5. The first kappa shape index (κ1) is 16.5. The molecule has 6 heteroatoms. The van der Waals surface area contributed by atoms with E-state index in [2.05, 4.69) is 4.74 Å². The van der Waals surface area contributed by atoms with Gasteiger partial charge in [0.1, 0.15) is 6.54 Å². The first-order valence-electron chi connectivity index (χ1n) is 6.88. The maximum atomic E-state index is 12.6. The van der Waals surface area contributed by atoms with Crippen molar-refractivity contribution in [2.75, 3.05) is 13.7 Å². The summed E-state index contributed by atoms with van der Waals surface area (Å²) in [7, 11) is 1.27. The molecule has 0 aromatic carbocycles. The first-order valence-corrected chi connectivity index (χ1v) is 6.88. The molecule has 1 amide bonds. The minimum atomic E-state index is -0.936. The van der Waals surface area contributed by atoms with Gasteiger partial charge in [0.15, 0.2) is 0 Å². The van der Waals surface area contributed by atoms with Crippen LogP contribution in [0.25, 0.3) is 0 Å². The summed E-state index contributed by atoms with van der Waals surface area (Å²) >= 11 is 0. The molecule has 1 aliphatic carbocycles. The van der Waals surface area contributed by atoms with Gasteiger partial charge in [-0.3, -0.25) is 14.4 Å². The summed E-state index contributed by atoms with van der Waals surface area (Å²) < 4.78 is 4.59. The number of rotatable bonds is 5. The number of carbonyl (C=O) groups is 3. The van der Waals surface area contributed by atoms with Crippen LogP contribution in [0.15, 0.2) is 0 Å². The third kappa shape index (κ3) is 3.71. The number of esters is 1. The summed E-state index contributed by atoms with van der Waals surface area (Å²) in [6, 6.07) is -0.174. The predicted molar refractivity (Wildman–Crippen MR) is 71.9 cm³/mol. The number of hydrogen-bond donors (Lipinski definition) is 1. The van der Waals surface area contributed by atoms with E-state index in [0.29, 0.717) is 12.8 Å². The van der Waals surface area contributed by atoms with Crippen molar-refractivity contribution < 1.29 is 24.2 Å². The van der Waals surface area contributed by atoms with Gasteiger partial charge in [-0.25, -0.2) is 0 Å². The van der Waals surface area contributed by atoms with Crippen LogP contribution in [-0.4, -0.2) is 47.5 Å². The number of ether oxygens (including phenoxy) is 1. The van der Waals surface area contributed by atoms with E-state index in [0.717, 1.165) is 0 Å². The maximum Gasteiger partial charge on any atom is 0.325 e. The first-order chi connectivity index (χ1) is 9.27. The van der Waals surface area contributed by atoms with E-state index in [9.17, 15) is 19.5 Å². The second-order valence-corrected chi connectivity index (χ2v) is 5.76. The molecule has 0 aliphatic heterocycles. The zero-order chi connectivity index (χ0) is 15.4. The molecule has 0 heterocycles. The van der Waals surface area contributed by atoms with Crippen molar-refractivity contribution >= 4 is 17.8 Å². The van der Waals surface area contributed by atoms with Crippen molar-refractivity contribution in [3.05, 3.63) is 0 Å². The monoisotopic (exact) mass is 285 g/mol. The minimum absolute atomic E-state index is 0.135. The lowest BCUT2D eigenvalue weighted by molar-refractivity contribution is -0.153. The lowest BCUT2D eigenvalue weighted by Gasteiger charge is -2.29. The van der Waals surface area contributed by atoms with E-state index >= 15 is 0 Å². The van der Waals surface area contributed by atoms with Crippen LogP contribution in [-0.2, 0) is 19.1 Å². The molecule has 0 bridgehead atoms. The molecule has 20 heavy (non-hydrogen) atoms. The van der Waals surface area contributed by atoms with Crippen LogP contribution in [0.4, 0.5) is 0 Å². The van der Waals surface area contributed by atoms with Crippen molar-refractivity contribution in [3.8, 4) is 0 Å². The summed E-state index contributed by atoms with van der Waals surface area (Å²) in [5.41, 5.74) is 0. The van der Waals surface area contributed by atoms with Gasteiger partial charge >= 0.3 is 11.9 Å². The van der Waals surface area contributed by atoms with Gasteiger partial charge in [0.25, 0.3) is 0 Å². The highest BCUT2D eigenvalue weighted by Crippen LogP contribution is 2.37. The van der Waals surface area contributed by atoms with Crippen LogP contribution in [0.1, 0.15) is 33.6 Å². The summed E-state index contributed by atoms with van der Waals surface area (Å²) in [4.78, 5) is 36.6. The average molecular weight is 285 g/mol. The van der Waals surface area contributed by atoms with Gasteiger partial charge in [-0.15, -0.1) is 0 Å². The summed E-state index contributed by atoms with van der Waals surface area (Å²) in [6.07, 6.45) is 1.07. The quantitative estimate of drug-likeness (QED) is 0.766. The van der Waals surface area contributed by atoms with Crippen molar-refractivity contribution in [1.82, 2.24) is 4.90 Å². The number of carboxylic acid groups (broad SMARTS) is 1. The maximum absolute atomic E-state index is 12.6. The van der Waals surface area contributed by atoms with Gasteiger partial charge in [-0.2, -0.15) is 0 Å². The third-order valence-electron chi connectivity index (χ3n) is 3.87.